The van der Waals surface area contributed by atoms with E-state index in [0.717, 1.165) is 32.3 Å². The second kappa shape index (κ2) is 6.15. The normalized spacial score (nSPS) is 18.5. The van der Waals surface area contributed by atoms with Crippen molar-refractivity contribution in [2.24, 2.45) is 0 Å². The number of nitrogens with zero attached hydrogens (tertiary/aromatic N) is 1. The maximum Gasteiger partial charge on any atom is 0.255 e. The van der Waals surface area contributed by atoms with Crippen molar-refractivity contribution in [3.63, 3.8) is 0 Å². The first kappa shape index (κ1) is 14.5. The molecule has 1 atom stereocenters. The van der Waals surface area contributed by atoms with Crippen LogP contribution in [-0.4, -0.2) is 17.4 Å². The van der Waals surface area contributed by atoms with Gasteiger partial charge in [-0.1, -0.05) is 28.1 Å². The van der Waals surface area contributed by atoms with E-state index in [2.05, 4.69) is 50.7 Å². The predicted octanol–water partition coefficient (Wildman–Crippen LogP) is 5.09. The molecule has 2 aromatic rings. The topological polar surface area (TPSA) is 20.3 Å². The molecule has 2 nitrogen and oxygen atoms in total. The number of likely N-dealkylation sites (tertiary alicyclic amines) is 1. The second-order valence-corrected chi connectivity index (χ2v) is 8.57. The average molecular weight is 462 g/mol. The molecule has 1 amide bonds. The van der Waals surface area contributed by atoms with Gasteiger partial charge in [0.2, 0.25) is 0 Å². The van der Waals surface area contributed by atoms with Crippen LogP contribution in [0.1, 0.15) is 34.8 Å². The van der Waals surface area contributed by atoms with Crippen molar-refractivity contribution >= 4 is 55.8 Å². The number of hydrogen-bond donors (Lipinski definition) is 0. The van der Waals surface area contributed by atoms with E-state index in [9.17, 15) is 4.79 Å². The Bertz CT molecular complexity index is 642. The van der Waals surface area contributed by atoms with Gasteiger partial charge in [0, 0.05) is 16.4 Å². The van der Waals surface area contributed by atoms with Crippen LogP contribution in [0.4, 0.5) is 0 Å². The van der Waals surface area contributed by atoms with Gasteiger partial charge in [-0.25, -0.2) is 0 Å². The molecule has 20 heavy (non-hydrogen) atoms. The third kappa shape index (κ3) is 2.94. The van der Waals surface area contributed by atoms with Crippen LogP contribution in [0, 0.1) is 2.88 Å². The van der Waals surface area contributed by atoms with Gasteiger partial charge < -0.3 is 4.90 Å². The third-order valence-corrected chi connectivity index (χ3v) is 5.84. The number of hydrogen-bond acceptors (Lipinski definition) is 2. The molecule has 1 aromatic heterocycles. The average Bonchev–Trinajstić information content (AvgIpc) is 3.06. The minimum absolute atomic E-state index is 0.159. The standard InChI is InChI=1S/C15H13BrINOS/c16-12-4-1-3-10(7-12)13-5-2-6-18(13)15(19)11-8-14(17)20-9-11/h1,3-4,7-9,13H,2,5-6H2. The molecule has 104 valence electrons. The molecule has 3 rings (SSSR count). The van der Waals surface area contributed by atoms with Gasteiger partial charge in [0.25, 0.3) is 5.91 Å². The molecule has 1 aliphatic rings. The second-order valence-electron chi connectivity index (χ2n) is 4.85. The fraction of sp³-hybridized carbons (Fsp3) is 0.267. The monoisotopic (exact) mass is 461 g/mol. The molecule has 0 spiro atoms. The van der Waals surface area contributed by atoms with E-state index >= 15 is 0 Å². The Kier molecular flexibility index (Phi) is 4.47. The molecule has 2 heterocycles. The van der Waals surface area contributed by atoms with Crippen LogP contribution in [0.25, 0.3) is 0 Å². The zero-order valence-electron chi connectivity index (χ0n) is 10.7. The maximum absolute atomic E-state index is 12.6. The molecule has 1 saturated heterocycles. The Balaban J connectivity index is 1.87. The number of carbonyl (C=O) groups is 1. The van der Waals surface area contributed by atoms with Crippen molar-refractivity contribution in [2.75, 3.05) is 6.54 Å². The zero-order valence-corrected chi connectivity index (χ0v) is 15.2. The van der Waals surface area contributed by atoms with Gasteiger partial charge in [0.1, 0.15) is 0 Å². The summed E-state index contributed by atoms with van der Waals surface area (Å²) in [5.41, 5.74) is 2.04. The summed E-state index contributed by atoms with van der Waals surface area (Å²) in [4.78, 5) is 14.7. The summed E-state index contributed by atoms with van der Waals surface area (Å²) in [5, 5.41) is 1.96. The van der Waals surface area contributed by atoms with Crippen molar-refractivity contribution in [3.8, 4) is 0 Å². The first-order valence-corrected chi connectivity index (χ1v) is 9.21. The quantitative estimate of drug-likeness (QED) is 0.570. The third-order valence-electron chi connectivity index (χ3n) is 3.56. The van der Waals surface area contributed by atoms with Gasteiger partial charge in [-0.15, -0.1) is 11.3 Å². The molecule has 0 N–H and O–H groups in total. The number of carbonyl (C=O) groups excluding carboxylic acids is 1. The molecule has 0 saturated carbocycles. The van der Waals surface area contributed by atoms with Gasteiger partial charge in [-0.3, -0.25) is 4.79 Å². The summed E-state index contributed by atoms with van der Waals surface area (Å²) in [6.45, 7) is 0.850. The van der Waals surface area contributed by atoms with Crippen LogP contribution < -0.4 is 0 Å². The van der Waals surface area contributed by atoms with E-state index in [1.54, 1.807) is 11.3 Å². The lowest BCUT2D eigenvalue weighted by molar-refractivity contribution is 0.0736. The number of rotatable bonds is 2. The predicted molar refractivity (Wildman–Crippen MR) is 94.2 cm³/mol. The maximum atomic E-state index is 12.6. The fourth-order valence-electron chi connectivity index (χ4n) is 2.66. The van der Waals surface area contributed by atoms with Gasteiger partial charge in [0.15, 0.2) is 0 Å². The van der Waals surface area contributed by atoms with Crippen LogP contribution in [0.2, 0.25) is 0 Å². The van der Waals surface area contributed by atoms with E-state index in [0.29, 0.717) is 0 Å². The summed E-state index contributed by atoms with van der Waals surface area (Å²) in [6.07, 6.45) is 2.12. The Hall–Kier alpha value is -0.400. The Morgan fingerprint density at radius 1 is 1.40 bits per heavy atom. The van der Waals surface area contributed by atoms with Crippen LogP contribution in [0.15, 0.2) is 40.2 Å². The molecular formula is C15H13BrINOS. The molecule has 0 aliphatic carbocycles. The minimum Gasteiger partial charge on any atom is -0.332 e. The van der Waals surface area contributed by atoms with Gasteiger partial charge >= 0.3 is 0 Å². The summed E-state index contributed by atoms with van der Waals surface area (Å²) in [5.74, 6) is 0.159. The summed E-state index contributed by atoms with van der Waals surface area (Å²) in [7, 11) is 0. The van der Waals surface area contributed by atoms with E-state index in [1.807, 2.05) is 28.5 Å². The van der Waals surface area contributed by atoms with E-state index < -0.39 is 0 Å². The minimum atomic E-state index is 0.159. The lowest BCUT2D eigenvalue weighted by atomic mass is 10.0. The molecule has 0 bridgehead atoms. The fourth-order valence-corrected chi connectivity index (χ4v) is 4.40. The van der Waals surface area contributed by atoms with Crippen LogP contribution in [0.5, 0.6) is 0 Å². The highest BCUT2D eigenvalue weighted by Gasteiger charge is 2.30. The molecule has 1 aliphatic heterocycles. The Morgan fingerprint density at radius 3 is 2.95 bits per heavy atom. The molecule has 1 fully saturated rings. The Labute approximate surface area is 144 Å². The number of benzene rings is 1. The summed E-state index contributed by atoms with van der Waals surface area (Å²) >= 11 is 7.39. The van der Waals surface area contributed by atoms with Crippen molar-refractivity contribution < 1.29 is 4.79 Å². The van der Waals surface area contributed by atoms with Crippen LogP contribution in [0.3, 0.4) is 0 Å². The first-order valence-electron chi connectivity index (χ1n) is 6.45. The van der Waals surface area contributed by atoms with E-state index in [4.69, 9.17) is 0 Å². The van der Waals surface area contributed by atoms with Crippen LogP contribution in [-0.2, 0) is 0 Å². The Morgan fingerprint density at radius 2 is 2.25 bits per heavy atom. The van der Waals surface area contributed by atoms with Crippen LogP contribution >= 0.6 is 49.9 Å². The number of amides is 1. The molecule has 1 unspecified atom stereocenters. The SMILES string of the molecule is O=C(c1csc(I)c1)N1CCCC1c1cccc(Br)c1. The molecule has 5 heteroatoms. The zero-order chi connectivity index (χ0) is 14.1. The molecule has 0 radical (unpaired) electrons. The molecule has 1 aromatic carbocycles. The number of thiophene rings is 1. The highest BCUT2D eigenvalue weighted by atomic mass is 127. The van der Waals surface area contributed by atoms with Crippen molar-refractivity contribution in [3.05, 3.63) is 54.2 Å². The van der Waals surface area contributed by atoms with Gasteiger partial charge in [0.05, 0.1) is 14.5 Å². The largest absolute Gasteiger partial charge is 0.332 e. The smallest absolute Gasteiger partial charge is 0.255 e. The number of halogens is 2. The van der Waals surface area contributed by atoms with E-state index in [1.165, 1.54) is 5.56 Å². The van der Waals surface area contributed by atoms with Gasteiger partial charge in [-0.05, 0) is 59.2 Å². The van der Waals surface area contributed by atoms with Crippen molar-refractivity contribution in [1.82, 2.24) is 4.90 Å². The molecular weight excluding hydrogens is 449 g/mol. The first-order chi connectivity index (χ1) is 9.65. The summed E-state index contributed by atoms with van der Waals surface area (Å²) < 4.78 is 2.23. The van der Waals surface area contributed by atoms with E-state index in [-0.39, 0.29) is 11.9 Å². The highest BCUT2D eigenvalue weighted by molar-refractivity contribution is 14.1. The highest BCUT2D eigenvalue weighted by Crippen LogP contribution is 2.34. The van der Waals surface area contributed by atoms with Gasteiger partial charge in [-0.2, -0.15) is 0 Å². The lowest BCUT2D eigenvalue weighted by Crippen LogP contribution is -2.30. The van der Waals surface area contributed by atoms with Crippen molar-refractivity contribution in [1.29, 1.82) is 0 Å². The lowest BCUT2D eigenvalue weighted by Gasteiger charge is -2.25. The summed E-state index contributed by atoms with van der Waals surface area (Å²) in [6, 6.07) is 10.5. The van der Waals surface area contributed by atoms with Crippen molar-refractivity contribution in [2.45, 2.75) is 18.9 Å².